The summed E-state index contributed by atoms with van der Waals surface area (Å²) in [6, 6.07) is 14.9. The average Bonchev–Trinajstić information content (AvgIpc) is 2.68. The molecule has 0 aliphatic carbocycles. The average molecular weight is 378 g/mol. The lowest BCUT2D eigenvalue weighted by Crippen LogP contribution is -2.30. The van der Waals surface area contributed by atoms with Crippen molar-refractivity contribution in [3.8, 4) is 5.75 Å². The summed E-state index contributed by atoms with van der Waals surface area (Å²) in [4.78, 5) is 29.1. The Morgan fingerprint density at radius 3 is 2.71 bits per heavy atom. The summed E-state index contributed by atoms with van der Waals surface area (Å²) in [5.41, 5.74) is 3.03. The minimum absolute atomic E-state index is 0.0414. The number of carbonyl (C=O) groups is 2. The summed E-state index contributed by atoms with van der Waals surface area (Å²) < 4.78 is 10.6. The number of hydrogen-bond donors (Lipinski definition) is 1. The highest BCUT2D eigenvalue weighted by molar-refractivity contribution is 5.96. The van der Waals surface area contributed by atoms with Gasteiger partial charge in [-0.25, -0.2) is 0 Å². The van der Waals surface area contributed by atoms with Gasteiger partial charge in [-0.05, 0) is 43.2 Å². The van der Waals surface area contributed by atoms with Crippen LogP contribution in [0.1, 0.15) is 18.1 Å². The first kappa shape index (κ1) is 19.4. The first-order chi connectivity index (χ1) is 13.5. The molecule has 0 bridgehead atoms. The van der Waals surface area contributed by atoms with Gasteiger partial charge in [-0.3, -0.25) is 14.6 Å². The molecule has 144 valence electrons. The number of hydrogen-bond acceptors (Lipinski definition) is 5. The van der Waals surface area contributed by atoms with Crippen LogP contribution in [0.3, 0.4) is 0 Å². The fourth-order valence-corrected chi connectivity index (χ4v) is 2.91. The number of ether oxygens (including phenoxy) is 2. The lowest BCUT2D eigenvalue weighted by Gasteiger charge is -2.16. The molecule has 1 unspecified atom stereocenters. The maximum atomic E-state index is 12.4. The van der Waals surface area contributed by atoms with Gasteiger partial charge >= 0.3 is 5.97 Å². The predicted octanol–water partition coefficient (Wildman–Crippen LogP) is 3.66. The monoisotopic (exact) mass is 378 g/mol. The number of nitrogens with zero attached hydrogens (tertiary/aromatic N) is 1. The van der Waals surface area contributed by atoms with E-state index in [0.717, 1.165) is 22.0 Å². The largest absolute Gasteiger partial charge is 0.495 e. The first-order valence-corrected chi connectivity index (χ1v) is 8.95. The molecule has 6 nitrogen and oxygen atoms in total. The van der Waals surface area contributed by atoms with Crippen molar-refractivity contribution in [2.75, 3.05) is 12.4 Å². The van der Waals surface area contributed by atoms with Crippen LogP contribution in [0, 0.1) is 6.92 Å². The number of methoxy groups -OCH3 is 1. The molecule has 3 aromatic rings. The standard InChI is InChI=1S/C22H22N2O4/c1-14-9-10-19(27-3)18(12-14)24-22(26)15(2)28-20(25)13-17-7-4-6-16-8-5-11-23-21(16)17/h4-12,15H,13H2,1-3H3,(H,24,26). The number of amides is 1. The Labute approximate surface area is 163 Å². The maximum Gasteiger partial charge on any atom is 0.311 e. The number of benzene rings is 2. The number of nitrogens with one attached hydrogen (secondary N) is 1. The molecule has 3 rings (SSSR count). The molecule has 0 radical (unpaired) electrons. The molecule has 0 aliphatic rings. The molecule has 1 aromatic heterocycles. The van der Waals surface area contributed by atoms with E-state index in [1.165, 1.54) is 14.0 Å². The van der Waals surface area contributed by atoms with Gasteiger partial charge in [-0.2, -0.15) is 0 Å². The molecule has 6 heteroatoms. The highest BCUT2D eigenvalue weighted by atomic mass is 16.5. The smallest absolute Gasteiger partial charge is 0.311 e. The number of para-hydroxylation sites is 1. The van der Waals surface area contributed by atoms with Crippen molar-refractivity contribution in [3.63, 3.8) is 0 Å². The van der Waals surface area contributed by atoms with Crippen LogP contribution < -0.4 is 10.1 Å². The van der Waals surface area contributed by atoms with E-state index in [4.69, 9.17) is 9.47 Å². The molecule has 28 heavy (non-hydrogen) atoms. The number of aromatic nitrogens is 1. The Morgan fingerprint density at radius 2 is 1.93 bits per heavy atom. The second kappa shape index (κ2) is 8.52. The van der Waals surface area contributed by atoms with Crippen molar-refractivity contribution in [1.82, 2.24) is 4.98 Å². The van der Waals surface area contributed by atoms with Crippen molar-refractivity contribution >= 4 is 28.5 Å². The number of rotatable bonds is 6. The third-order valence-corrected chi connectivity index (χ3v) is 4.34. The number of anilines is 1. The normalized spacial score (nSPS) is 11.7. The van der Waals surface area contributed by atoms with Crippen molar-refractivity contribution in [3.05, 3.63) is 65.9 Å². The Balaban J connectivity index is 1.65. The summed E-state index contributed by atoms with van der Waals surface area (Å²) >= 11 is 0. The van der Waals surface area contributed by atoms with Gasteiger partial charge in [0.05, 0.1) is 24.7 Å². The fourth-order valence-electron chi connectivity index (χ4n) is 2.91. The van der Waals surface area contributed by atoms with Crippen molar-refractivity contribution in [1.29, 1.82) is 0 Å². The summed E-state index contributed by atoms with van der Waals surface area (Å²) in [6.45, 7) is 3.45. The highest BCUT2D eigenvalue weighted by Crippen LogP contribution is 2.25. The molecule has 1 heterocycles. The van der Waals surface area contributed by atoms with Crippen LogP contribution in [-0.2, 0) is 20.7 Å². The fraction of sp³-hybridized carbons (Fsp3) is 0.227. The van der Waals surface area contributed by atoms with Gasteiger partial charge in [0, 0.05) is 11.6 Å². The van der Waals surface area contributed by atoms with Gasteiger partial charge in [0.2, 0.25) is 0 Å². The van der Waals surface area contributed by atoms with E-state index in [0.29, 0.717) is 11.4 Å². The molecular formula is C22H22N2O4. The van der Waals surface area contributed by atoms with Crippen LogP contribution in [0.15, 0.2) is 54.7 Å². The Bertz CT molecular complexity index is 1010. The molecule has 2 aromatic carbocycles. The Kier molecular flexibility index (Phi) is 5.89. The minimum atomic E-state index is -0.944. The van der Waals surface area contributed by atoms with Gasteiger partial charge < -0.3 is 14.8 Å². The molecule has 0 spiro atoms. The van der Waals surface area contributed by atoms with E-state index in [2.05, 4.69) is 10.3 Å². The third-order valence-electron chi connectivity index (χ3n) is 4.34. The van der Waals surface area contributed by atoms with E-state index in [1.54, 1.807) is 18.3 Å². The Morgan fingerprint density at radius 1 is 1.14 bits per heavy atom. The summed E-state index contributed by atoms with van der Waals surface area (Å²) in [5, 5.41) is 3.70. The van der Waals surface area contributed by atoms with Gasteiger partial charge in [0.25, 0.3) is 5.91 Å². The Hall–Kier alpha value is -3.41. The maximum absolute atomic E-state index is 12.4. The zero-order valence-corrected chi connectivity index (χ0v) is 16.1. The van der Waals surface area contributed by atoms with Crippen molar-refractivity contribution in [2.24, 2.45) is 0 Å². The lowest BCUT2D eigenvalue weighted by atomic mass is 10.1. The molecule has 0 saturated carbocycles. The van der Waals surface area contributed by atoms with Crippen molar-refractivity contribution < 1.29 is 19.1 Å². The van der Waals surface area contributed by atoms with E-state index < -0.39 is 18.0 Å². The quantitative estimate of drug-likeness (QED) is 0.662. The van der Waals surface area contributed by atoms with Crippen LogP contribution in [0.5, 0.6) is 5.75 Å². The van der Waals surface area contributed by atoms with Gasteiger partial charge in [0.15, 0.2) is 6.10 Å². The molecule has 0 fully saturated rings. The van der Waals surface area contributed by atoms with Gasteiger partial charge in [-0.1, -0.05) is 30.3 Å². The van der Waals surface area contributed by atoms with E-state index >= 15 is 0 Å². The number of aryl methyl sites for hydroxylation is 1. The van der Waals surface area contributed by atoms with Crippen LogP contribution >= 0.6 is 0 Å². The topological polar surface area (TPSA) is 77.5 Å². The zero-order valence-electron chi connectivity index (χ0n) is 16.1. The number of pyridine rings is 1. The molecular weight excluding hydrogens is 356 g/mol. The van der Waals surface area contributed by atoms with E-state index in [1.807, 2.05) is 43.3 Å². The zero-order chi connectivity index (χ0) is 20.1. The molecule has 1 amide bonds. The molecule has 1 atom stereocenters. The lowest BCUT2D eigenvalue weighted by molar-refractivity contribution is -0.152. The van der Waals surface area contributed by atoms with Crippen molar-refractivity contribution in [2.45, 2.75) is 26.4 Å². The molecule has 0 saturated heterocycles. The summed E-state index contributed by atoms with van der Waals surface area (Å²) in [7, 11) is 1.53. The van der Waals surface area contributed by atoms with E-state index in [-0.39, 0.29) is 6.42 Å². The van der Waals surface area contributed by atoms with Crippen LogP contribution in [0.2, 0.25) is 0 Å². The van der Waals surface area contributed by atoms with Gasteiger partial charge in [-0.15, -0.1) is 0 Å². The minimum Gasteiger partial charge on any atom is -0.495 e. The highest BCUT2D eigenvalue weighted by Gasteiger charge is 2.20. The number of carbonyl (C=O) groups excluding carboxylic acids is 2. The number of fused-ring (bicyclic) bond motifs is 1. The summed E-state index contributed by atoms with van der Waals surface area (Å²) in [6.07, 6.45) is 0.781. The summed E-state index contributed by atoms with van der Waals surface area (Å²) in [5.74, 6) is -0.371. The third kappa shape index (κ3) is 4.46. The van der Waals surface area contributed by atoms with E-state index in [9.17, 15) is 9.59 Å². The second-order valence-corrected chi connectivity index (χ2v) is 6.49. The van der Waals surface area contributed by atoms with Crippen LogP contribution in [-0.4, -0.2) is 30.1 Å². The second-order valence-electron chi connectivity index (χ2n) is 6.49. The van der Waals surface area contributed by atoms with Crippen LogP contribution in [0.4, 0.5) is 5.69 Å². The van der Waals surface area contributed by atoms with Crippen LogP contribution in [0.25, 0.3) is 10.9 Å². The first-order valence-electron chi connectivity index (χ1n) is 8.95. The number of esters is 1. The molecule has 0 aliphatic heterocycles. The predicted molar refractivity (Wildman–Crippen MR) is 107 cm³/mol. The molecule has 1 N–H and O–H groups in total. The SMILES string of the molecule is COc1ccc(C)cc1NC(=O)C(C)OC(=O)Cc1cccc2cccnc12. The van der Waals surface area contributed by atoms with Gasteiger partial charge in [0.1, 0.15) is 5.75 Å².